The van der Waals surface area contributed by atoms with Crippen molar-refractivity contribution in [3.05, 3.63) is 47.4 Å². The summed E-state index contributed by atoms with van der Waals surface area (Å²) in [4.78, 5) is 76.7. The van der Waals surface area contributed by atoms with Crippen LogP contribution in [0.3, 0.4) is 0 Å². The van der Waals surface area contributed by atoms with Gasteiger partial charge in [0, 0.05) is 18.2 Å². The molecule has 0 aromatic heterocycles. The van der Waals surface area contributed by atoms with Gasteiger partial charge in [-0.1, -0.05) is 57.2 Å². The van der Waals surface area contributed by atoms with E-state index in [1.807, 2.05) is 0 Å². The number of nitrogens with zero attached hydrogens (tertiary/aromatic N) is 1. The Hall–Kier alpha value is -4.47. The zero-order valence-electron chi connectivity index (χ0n) is 25.5. The van der Waals surface area contributed by atoms with E-state index in [-0.39, 0.29) is 19.6 Å². The van der Waals surface area contributed by atoms with Crippen molar-refractivity contribution in [2.45, 2.75) is 77.2 Å². The van der Waals surface area contributed by atoms with Crippen LogP contribution in [-0.2, 0) is 45.2 Å². The third kappa shape index (κ3) is 12.6. The fourth-order valence-corrected chi connectivity index (χ4v) is 5.00. The smallest absolute Gasteiger partial charge is 0.408 e. The Morgan fingerprint density at radius 1 is 1.00 bits per heavy atom. The minimum absolute atomic E-state index is 0.130. The van der Waals surface area contributed by atoms with Gasteiger partial charge in [-0.3, -0.25) is 24.0 Å². The summed E-state index contributed by atoms with van der Waals surface area (Å²) in [6.45, 7) is 4.94. The second-order valence-corrected chi connectivity index (χ2v) is 13.7. The van der Waals surface area contributed by atoms with Crippen LogP contribution in [0.4, 0.5) is 4.79 Å². The number of carbonyl (C=O) groups is 6. The summed E-state index contributed by atoms with van der Waals surface area (Å²) >= 11 is 0. The molecule has 1 aromatic carbocycles. The Bertz CT molecular complexity index is 1390. The molecule has 1 saturated heterocycles. The number of hydrogen-bond donors (Lipinski definition) is 5. The van der Waals surface area contributed by atoms with Crippen molar-refractivity contribution >= 4 is 45.6 Å². The number of likely N-dealkylation sites (tertiary alicyclic amines) is 1. The van der Waals surface area contributed by atoms with E-state index in [4.69, 9.17) is 4.74 Å². The van der Waals surface area contributed by atoms with Crippen molar-refractivity contribution in [3.8, 4) is 0 Å². The number of amides is 4. The maximum Gasteiger partial charge on any atom is 0.408 e. The maximum atomic E-state index is 13.8. The van der Waals surface area contributed by atoms with Gasteiger partial charge in [0.15, 0.2) is 9.84 Å². The second kappa shape index (κ2) is 16.0. The molecule has 4 amide bonds. The minimum Gasteiger partial charge on any atom is -0.481 e. The molecule has 0 saturated carbocycles. The van der Waals surface area contributed by atoms with Gasteiger partial charge in [0.05, 0.1) is 18.9 Å². The number of carboxylic acid groups (broad SMARTS) is 2. The Morgan fingerprint density at radius 2 is 1.62 bits per heavy atom. The Labute approximate surface area is 261 Å². The van der Waals surface area contributed by atoms with E-state index in [1.54, 1.807) is 51.1 Å². The van der Waals surface area contributed by atoms with Crippen LogP contribution in [0, 0.1) is 5.41 Å². The summed E-state index contributed by atoms with van der Waals surface area (Å²) in [7, 11) is -3.61. The molecule has 1 aliphatic rings. The topological polar surface area (TPSA) is 226 Å². The van der Waals surface area contributed by atoms with E-state index >= 15 is 0 Å². The average molecular weight is 653 g/mol. The van der Waals surface area contributed by atoms with E-state index in [1.165, 1.54) is 4.90 Å². The van der Waals surface area contributed by atoms with Gasteiger partial charge in [0.2, 0.25) is 17.7 Å². The molecule has 0 bridgehead atoms. The number of aliphatic carboxylic acids is 2. The third-order valence-electron chi connectivity index (χ3n) is 6.72. The zero-order chi connectivity index (χ0) is 33.9. The average Bonchev–Trinajstić information content (AvgIpc) is 3.42. The van der Waals surface area contributed by atoms with Gasteiger partial charge in [-0.05, 0) is 23.8 Å². The number of ether oxygens (including phenoxy) is 1. The molecule has 0 unspecified atom stereocenters. The fraction of sp³-hybridized carbons (Fsp3) is 0.517. The lowest BCUT2D eigenvalue weighted by atomic mass is 9.85. The molecule has 0 radical (unpaired) electrons. The van der Waals surface area contributed by atoms with Gasteiger partial charge in [-0.2, -0.15) is 0 Å². The molecule has 16 heteroatoms. The summed E-state index contributed by atoms with van der Waals surface area (Å²) in [5.74, 6) is -5.02. The molecule has 4 atom stereocenters. The lowest BCUT2D eigenvalue weighted by Gasteiger charge is -2.36. The van der Waals surface area contributed by atoms with Gasteiger partial charge < -0.3 is 35.8 Å². The molecule has 1 aromatic rings. The van der Waals surface area contributed by atoms with E-state index in [9.17, 15) is 47.4 Å². The van der Waals surface area contributed by atoms with Crippen LogP contribution in [0.25, 0.3) is 0 Å². The van der Waals surface area contributed by atoms with E-state index in [0.717, 1.165) is 17.7 Å². The molecule has 0 aliphatic carbocycles. The molecular formula is C29H40N4O11S. The normalized spacial score (nSPS) is 17.2. The largest absolute Gasteiger partial charge is 0.481 e. The highest BCUT2D eigenvalue weighted by Crippen LogP contribution is 2.26. The van der Waals surface area contributed by atoms with Crippen LogP contribution in [-0.4, -0.2) is 96.3 Å². The molecule has 1 heterocycles. The molecular weight excluding hydrogens is 612 g/mol. The number of sulfone groups is 1. The van der Waals surface area contributed by atoms with Gasteiger partial charge in [0.1, 0.15) is 24.7 Å². The van der Waals surface area contributed by atoms with Crippen molar-refractivity contribution in [2.75, 3.05) is 12.8 Å². The Morgan fingerprint density at radius 3 is 2.18 bits per heavy atom. The van der Waals surface area contributed by atoms with Crippen molar-refractivity contribution in [2.24, 2.45) is 5.41 Å². The summed E-state index contributed by atoms with van der Waals surface area (Å²) in [5.41, 5.74) is -0.280. The molecule has 248 valence electrons. The van der Waals surface area contributed by atoms with Crippen molar-refractivity contribution in [1.29, 1.82) is 0 Å². The first-order chi connectivity index (χ1) is 20.9. The van der Waals surface area contributed by atoms with Crippen LogP contribution in [0.15, 0.2) is 41.8 Å². The molecule has 0 spiro atoms. The van der Waals surface area contributed by atoms with E-state index in [2.05, 4.69) is 16.0 Å². The summed E-state index contributed by atoms with van der Waals surface area (Å²) in [5, 5.41) is 26.6. The molecule has 1 aliphatic heterocycles. The monoisotopic (exact) mass is 652 g/mol. The van der Waals surface area contributed by atoms with E-state index in [0.29, 0.717) is 12.0 Å². The number of nitrogens with one attached hydrogen (secondary N) is 3. The van der Waals surface area contributed by atoms with Crippen LogP contribution >= 0.6 is 0 Å². The number of rotatable bonds is 14. The van der Waals surface area contributed by atoms with Crippen LogP contribution < -0.4 is 16.0 Å². The number of carboxylic acids is 2. The van der Waals surface area contributed by atoms with E-state index < -0.39 is 88.0 Å². The minimum atomic E-state index is -3.61. The van der Waals surface area contributed by atoms with Gasteiger partial charge in [-0.15, -0.1) is 0 Å². The lowest BCUT2D eigenvalue weighted by molar-refractivity contribution is -0.145. The first-order valence-electron chi connectivity index (χ1n) is 14.1. The third-order valence-corrected chi connectivity index (χ3v) is 7.37. The second-order valence-electron chi connectivity index (χ2n) is 11.7. The molecule has 1 fully saturated rings. The van der Waals surface area contributed by atoms with Crippen LogP contribution in [0.2, 0.25) is 0 Å². The molecule has 2 rings (SSSR count). The number of benzene rings is 1. The Kier molecular flexibility index (Phi) is 13.1. The van der Waals surface area contributed by atoms with Crippen molar-refractivity contribution < 1.29 is 52.1 Å². The SMILES string of the molecule is CC(C)(C)[C@H](NC(=O)[C@H](CC(=O)O)NC(=O)OCc1ccccc1)C(=O)N1CCC[C@@H]1C(=O)N[C@H](/C=C/S(C)(=O)=O)CC(=O)O. The Balaban J connectivity index is 2.20. The van der Waals surface area contributed by atoms with Gasteiger partial charge >= 0.3 is 18.0 Å². The fourth-order valence-electron chi connectivity index (χ4n) is 4.52. The van der Waals surface area contributed by atoms with Gasteiger partial charge in [0.25, 0.3) is 0 Å². The molecule has 5 N–H and O–H groups in total. The standard InChI is InChI=1S/C29H40N4O11S/c1-29(2,3)24(32-25(38)20(16-23(36)37)31-28(41)44-17-18-9-6-5-7-10-18)27(40)33-13-8-11-21(33)26(39)30-19(15-22(34)35)12-14-45(4,42)43/h5-7,9-10,12,14,19-21,24H,8,11,13,15-17H2,1-4H3,(H,30,39)(H,31,41)(H,32,38)(H,34,35)(H,36,37)/b14-12+/t19-,20+,21-,24-/m1/s1. The highest BCUT2D eigenvalue weighted by molar-refractivity contribution is 7.93. The quantitative estimate of drug-likeness (QED) is 0.189. The summed E-state index contributed by atoms with van der Waals surface area (Å²) in [6.07, 6.45) is 0.119. The lowest BCUT2D eigenvalue weighted by Crippen LogP contribution is -2.60. The number of hydrogen-bond acceptors (Lipinski definition) is 9. The van der Waals surface area contributed by atoms with Crippen LogP contribution in [0.1, 0.15) is 52.0 Å². The highest BCUT2D eigenvalue weighted by Gasteiger charge is 2.43. The first kappa shape index (κ1) is 36.7. The number of carbonyl (C=O) groups excluding carboxylic acids is 4. The van der Waals surface area contributed by atoms with Crippen LogP contribution in [0.5, 0.6) is 0 Å². The predicted molar refractivity (Wildman–Crippen MR) is 160 cm³/mol. The van der Waals surface area contributed by atoms with Gasteiger partial charge in [-0.25, -0.2) is 13.2 Å². The highest BCUT2D eigenvalue weighted by atomic mass is 32.2. The maximum absolute atomic E-state index is 13.8. The first-order valence-corrected chi connectivity index (χ1v) is 16.0. The molecule has 45 heavy (non-hydrogen) atoms. The summed E-state index contributed by atoms with van der Waals surface area (Å²) in [6, 6.07) is 3.57. The predicted octanol–water partition coefficient (Wildman–Crippen LogP) is 0.796. The summed E-state index contributed by atoms with van der Waals surface area (Å²) < 4.78 is 28.2. The van der Waals surface area contributed by atoms with Crippen molar-refractivity contribution in [1.82, 2.24) is 20.9 Å². The molecule has 15 nitrogen and oxygen atoms in total. The van der Waals surface area contributed by atoms with Crippen molar-refractivity contribution in [3.63, 3.8) is 0 Å². The zero-order valence-corrected chi connectivity index (χ0v) is 26.3. The number of alkyl carbamates (subject to hydrolysis) is 1.